The molecule has 17 heavy (non-hydrogen) atoms. The van der Waals surface area contributed by atoms with E-state index in [1.807, 2.05) is 11.8 Å². The highest BCUT2D eigenvalue weighted by molar-refractivity contribution is 7.99. The van der Waals surface area contributed by atoms with E-state index in [1.54, 1.807) is 30.3 Å². The summed E-state index contributed by atoms with van der Waals surface area (Å²) in [4.78, 5) is 13.6. The minimum atomic E-state index is -2.86. The van der Waals surface area contributed by atoms with Gasteiger partial charge in [0.1, 0.15) is 5.78 Å². The van der Waals surface area contributed by atoms with E-state index in [0.29, 0.717) is 11.3 Å². The van der Waals surface area contributed by atoms with Gasteiger partial charge in [-0.05, 0) is 23.9 Å². The maximum Gasteiger partial charge on any atom is 0.137 e. The van der Waals surface area contributed by atoms with E-state index in [4.69, 9.17) is 5.21 Å². The van der Waals surface area contributed by atoms with Crippen molar-refractivity contribution < 1.29 is 14.2 Å². The van der Waals surface area contributed by atoms with Gasteiger partial charge >= 0.3 is 0 Å². The molecule has 1 aromatic rings. The first-order chi connectivity index (χ1) is 8.12. The number of ketones is 1. The quantitative estimate of drug-likeness (QED) is 0.601. The molecule has 5 heteroatoms. The molecular weight excluding hydrogens is 238 g/mol. The first kappa shape index (κ1) is 13.9. The highest BCUT2D eigenvalue weighted by Crippen LogP contribution is 2.08. The Bertz CT molecular complexity index is 476. The van der Waals surface area contributed by atoms with Crippen LogP contribution in [0.25, 0.3) is 0 Å². The largest absolute Gasteiger partial charge is 0.304 e. The molecule has 1 aromatic carbocycles. The second kappa shape index (κ2) is 6.54. The molecular formula is C12H17NO3S. The van der Waals surface area contributed by atoms with Crippen LogP contribution in [0, 0.1) is 0 Å². The summed E-state index contributed by atoms with van der Waals surface area (Å²) in [5.74, 6) is 0.0198. The van der Waals surface area contributed by atoms with Crippen LogP contribution in [0.4, 0.5) is 0 Å². The lowest BCUT2D eigenvalue weighted by Gasteiger charge is -2.08. The Morgan fingerprint density at radius 2 is 2.06 bits per heavy atom. The van der Waals surface area contributed by atoms with Gasteiger partial charge in [0.25, 0.3) is 0 Å². The Kier molecular flexibility index (Phi) is 5.34. The molecule has 4 nitrogen and oxygen atoms in total. The number of Topliss-reactive ketones (excluding diaryl/α,β-unsaturated/α-hetero) is 1. The normalized spacial score (nSPS) is 14.0. The van der Waals surface area contributed by atoms with Crippen molar-refractivity contribution in [3.05, 3.63) is 30.3 Å². The van der Waals surface area contributed by atoms with Crippen LogP contribution in [0.2, 0.25) is 0 Å². The van der Waals surface area contributed by atoms with Crippen LogP contribution in [-0.2, 0) is 14.5 Å². The molecule has 1 rings (SSSR count). The first-order valence-electron chi connectivity index (χ1n) is 5.47. The Morgan fingerprint density at radius 3 is 2.59 bits per heavy atom. The van der Waals surface area contributed by atoms with E-state index in [-0.39, 0.29) is 12.2 Å². The number of hydrogen-bond donors (Lipinski definition) is 2. The van der Waals surface area contributed by atoms with Crippen molar-refractivity contribution in [2.24, 2.45) is 0 Å². The maximum absolute atomic E-state index is 12.3. The van der Waals surface area contributed by atoms with Crippen molar-refractivity contribution in [3.63, 3.8) is 0 Å². The van der Waals surface area contributed by atoms with Crippen molar-refractivity contribution in [1.29, 1.82) is 0 Å². The van der Waals surface area contributed by atoms with E-state index in [2.05, 4.69) is 0 Å². The SMILES string of the molecule is CCCC(=O)CC=S(=O)(NO)c1ccccc1. The first-order valence-corrected chi connectivity index (χ1v) is 7.09. The summed E-state index contributed by atoms with van der Waals surface area (Å²) < 4.78 is 12.3. The second-order valence-electron chi connectivity index (χ2n) is 3.66. The summed E-state index contributed by atoms with van der Waals surface area (Å²) in [6, 6.07) is 8.55. The molecule has 0 saturated heterocycles. The smallest absolute Gasteiger partial charge is 0.137 e. The Hall–Kier alpha value is -1.17. The fraction of sp³-hybridized carbons (Fsp3) is 0.333. The van der Waals surface area contributed by atoms with E-state index >= 15 is 0 Å². The minimum Gasteiger partial charge on any atom is -0.304 e. The monoisotopic (exact) mass is 255 g/mol. The minimum absolute atomic E-state index is 0.0198. The highest BCUT2D eigenvalue weighted by Gasteiger charge is 2.09. The summed E-state index contributed by atoms with van der Waals surface area (Å²) in [6.45, 7) is 1.91. The van der Waals surface area contributed by atoms with Crippen LogP contribution in [0.5, 0.6) is 0 Å². The molecule has 0 aromatic heterocycles. The zero-order chi connectivity index (χ0) is 12.7. The van der Waals surface area contributed by atoms with Crippen LogP contribution >= 0.6 is 0 Å². The zero-order valence-electron chi connectivity index (χ0n) is 9.76. The Balaban J connectivity index is 2.93. The van der Waals surface area contributed by atoms with Gasteiger partial charge in [0.2, 0.25) is 0 Å². The molecule has 0 aliphatic heterocycles. The molecule has 0 aliphatic carbocycles. The van der Waals surface area contributed by atoms with Crippen molar-refractivity contribution in [2.45, 2.75) is 31.1 Å². The molecule has 0 amide bonds. The summed E-state index contributed by atoms with van der Waals surface area (Å²) in [7, 11) is -2.86. The van der Waals surface area contributed by atoms with Gasteiger partial charge in [-0.2, -0.15) is 0 Å². The predicted molar refractivity (Wildman–Crippen MR) is 68.4 cm³/mol. The summed E-state index contributed by atoms with van der Waals surface area (Å²) >= 11 is 0. The number of nitrogens with one attached hydrogen (secondary N) is 1. The second-order valence-corrected chi connectivity index (χ2v) is 5.85. The van der Waals surface area contributed by atoms with Gasteiger partial charge in [0, 0.05) is 17.7 Å². The lowest BCUT2D eigenvalue weighted by atomic mass is 10.2. The third kappa shape index (κ3) is 3.96. The average Bonchev–Trinajstić information content (AvgIpc) is 2.37. The van der Waals surface area contributed by atoms with E-state index < -0.39 is 9.71 Å². The van der Waals surface area contributed by atoms with Crippen LogP contribution in [0.3, 0.4) is 0 Å². The third-order valence-corrected chi connectivity index (χ3v) is 4.18. The van der Waals surface area contributed by atoms with Crippen molar-refractivity contribution in [3.8, 4) is 0 Å². The van der Waals surface area contributed by atoms with Gasteiger partial charge in [0.05, 0.1) is 9.71 Å². The summed E-state index contributed by atoms with van der Waals surface area (Å²) in [6.07, 6.45) is 1.33. The lowest BCUT2D eigenvalue weighted by Crippen LogP contribution is -2.22. The van der Waals surface area contributed by atoms with Crippen LogP contribution < -0.4 is 4.89 Å². The molecule has 0 bridgehead atoms. The van der Waals surface area contributed by atoms with Crippen molar-refractivity contribution >= 4 is 20.9 Å². The number of carbonyl (C=O) groups excluding carboxylic acids is 1. The van der Waals surface area contributed by atoms with Crippen LogP contribution in [0.1, 0.15) is 26.2 Å². The van der Waals surface area contributed by atoms with Gasteiger partial charge in [0.15, 0.2) is 0 Å². The summed E-state index contributed by atoms with van der Waals surface area (Å²) in [5, 5.41) is 10.4. The van der Waals surface area contributed by atoms with Crippen molar-refractivity contribution in [1.82, 2.24) is 4.89 Å². The Morgan fingerprint density at radius 1 is 1.41 bits per heavy atom. The van der Waals surface area contributed by atoms with Gasteiger partial charge < -0.3 is 5.21 Å². The molecule has 0 radical (unpaired) electrons. The number of hydrogen-bond acceptors (Lipinski definition) is 3. The molecule has 0 heterocycles. The molecule has 0 spiro atoms. The van der Waals surface area contributed by atoms with E-state index in [1.165, 1.54) is 5.37 Å². The van der Waals surface area contributed by atoms with Crippen molar-refractivity contribution in [2.75, 3.05) is 0 Å². The number of benzene rings is 1. The third-order valence-electron chi connectivity index (χ3n) is 2.30. The zero-order valence-corrected chi connectivity index (χ0v) is 10.6. The topological polar surface area (TPSA) is 66.4 Å². The van der Waals surface area contributed by atoms with E-state index in [0.717, 1.165) is 6.42 Å². The Labute approximate surface area is 102 Å². The van der Waals surface area contributed by atoms with Gasteiger partial charge in [-0.25, -0.2) is 4.21 Å². The molecule has 94 valence electrons. The highest BCUT2D eigenvalue weighted by atomic mass is 32.2. The average molecular weight is 255 g/mol. The van der Waals surface area contributed by atoms with Crippen LogP contribution in [0.15, 0.2) is 35.2 Å². The lowest BCUT2D eigenvalue weighted by molar-refractivity contribution is -0.117. The fourth-order valence-electron chi connectivity index (χ4n) is 1.40. The molecule has 1 atom stereocenters. The maximum atomic E-state index is 12.3. The molecule has 0 saturated carbocycles. The van der Waals surface area contributed by atoms with E-state index in [9.17, 15) is 9.00 Å². The molecule has 2 N–H and O–H groups in total. The summed E-state index contributed by atoms with van der Waals surface area (Å²) in [5.41, 5.74) is 0. The van der Waals surface area contributed by atoms with Gasteiger partial charge in [-0.15, -0.1) is 4.89 Å². The van der Waals surface area contributed by atoms with Crippen LogP contribution in [-0.4, -0.2) is 20.6 Å². The number of rotatable bonds is 6. The molecule has 0 fully saturated rings. The number of carbonyl (C=O) groups is 1. The standard InChI is InChI=1S/C12H17NO3S/c1-2-6-11(14)9-10-17(16,13-15)12-7-4-3-5-8-12/h3-5,7-8,10,15H,2,6,9H2,1H3,(H,13,16). The fourth-order valence-corrected chi connectivity index (χ4v) is 2.75. The molecule has 0 aliphatic rings. The predicted octanol–water partition coefficient (Wildman–Crippen LogP) is 1.79. The van der Waals surface area contributed by atoms with Gasteiger partial charge in [-0.1, -0.05) is 25.1 Å². The molecule has 1 unspecified atom stereocenters. The van der Waals surface area contributed by atoms with Gasteiger partial charge in [-0.3, -0.25) is 4.79 Å².